The second kappa shape index (κ2) is 4.77. The molecule has 86 valence electrons. The molecule has 0 aromatic carbocycles. The van der Waals surface area contributed by atoms with Crippen molar-refractivity contribution in [1.29, 1.82) is 0 Å². The van der Waals surface area contributed by atoms with E-state index >= 15 is 0 Å². The molecule has 1 aromatic heterocycles. The molecule has 15 heavy (non-hydrogen) atoms. The lowest BCUT2D eigenvalue weighted by Gasteiger charge is -2.10. The predicted octanol–water partition coefficient (Wildman–Crippen LogP) is 0.943. The van der Waals surface area contributed by atoms with Crippen molar-refractivity contribution in [3.05, 3.63) is 17.0 Å². The summed E-state index contributed by atoms with van der Waals surface area (Å²) >= 11 is 0. The summed E-state index contributed by atoms with van der Waals surface area (Å²) in [6, 6.07) is 0.176. The highest BCUT2D eigenvalue weighted by atomic mass is 16.3. The number of rotatable bonds is 4. The molecule has 0 fully saturated rings. The average molecular weight is 211 g/mol. The predicted molar refractivity (Wildman–Crippen MR) is 60.9 cm³/mol. The van der Waals surface area contributed by atoms with Crippen LogP contribution >= 0.6 is 0 Å². The largest absolute Gasteiger partial charge is 0.395 e. The van der Waals surface area contributed by atoms with Gasteiger partial charge in [0.2, 0.25) is 0 Å². The van der Waals surface area contributed by atoms with Gasteiger partial charge in [-0.3, -0.25) is 4.68 Å². The van der Waals surface area contributed by atoms with Crippen molar-refractivity contribution in [2.45, 2.75) is 46.2 Å². The van der Waals surface area contributed by atoms with Gasteiger partial charge in [-0.25, -0.2) is 0 Å². The third-order valence-corrected chi connectivity index (χ3v) is 2.66. The molecule has 0 amide bonds. The first-order valence-electron chi connectivity index (χ1n) is 5.38. The van der Waals surface area contributed by atoms with Crippen LogP contribution < -0.4 is 5.73 Å². The molecule has 0 saturated carbocycles. The number of hydrogen-bond acceptors (Lipinski definition) is 3. The smallest absolute Gasteiger partial charge is 0.0629 e. The van der Waals surface area contributed by atoms with Crippen molar-refractivity contribution in [2.24, 2.45) is 5.73 Å². The maximum absolute atomic E-state index is 8.94. The normalized spacial score (nSPS) is 13.5. The van der Waals surface area contributed by atoms with Crippen LogP contribution in [0, 0.1) is 13.8 Å². The van der Waals surface area contributed by atoms with E-state index in [9.17, 15) is 0 Å². The van der Waals surface area contributed by atoms with Gasteiger partial charge in [0.15, 0.2) is 0 Å². The molecule has 1 aromatic rings. The van der Waals surface area contributed by atoms with E-state index in [1.807, 2.05) is 11.6 Å². The highest BCUT2D eigenvalue weighted by Gasteiger charge is 2.15. The summed E-state index contributed by atoms with van der Waals surface area (Å²) in [5.74, 6) is 0. The van der Waals surface area contributed by atoms with E-state index in [0.29, 0.717) is 12.5 Å². The Morgan fingerprint density at radius 3 is 2.40 bits per heavy atom. The van der Waals surface area contributed by atoms with Gasteiger partial charge in [0.25, 0.3) is 0 Å². The Bertz CT molecular complexity index is 331. The molecule has 1 atom stereocenters. The molecule has 0 aliphatic heterocycles. The van der Waals surface area contributed by atoms with Gasteiger partial charge in [0.05, 0.1) is 12.3 Å². The van der Waals surface area contributed by atoms with Crippen molar-refractivity contribution < 1.29 is 5.11 Å². The minimum absolute atomic E-state index is 0.0196. The minimum atomic E-state index is -0.188. The number of aryl methyl sites for hydroxylation is 1. The van der Waals surface area contributed by atoms with Gasteiger partial charge >= 0.3 is 0 Å². The summed E-state index contributed by atoms with van der Waals surface area (Å²) < 4.78 is 2.01. The summed E-state index contributed by atoms with van der Waals surface area (Å²) in [4.78, 5) is 0. The van der Waals surface area contributed by atoms with Gasteiger partial charge < -0.3 is 10.8 Å². The monoisotopic (exact) mass is 211 g/mol. The van der Waals surface area contributed by atoms with Crippen LogP contribution in [0.2, 0.25) is 0 Å². The molecule has 1 unspecified atom stereocenters. The van der Waals surface area contributed by atoms with Crippen LogP contribution in [0.15, 0.2) is 0 Å². The first kappa shape index (κ1) is 12.2. The number of nitrogens with zero attached hydrogens (tertiary/aromatic N) is 2. The van der Waals surface area contributed by atoms with Crippen LogP contribution in [0.3, 0.4) is 0 Å². The van der Waals surface area contributed by atoms with Crippen LogP contribution in [-0.2, 0) is 6.42 Å². The molecule has 3 N–H and O–H groups in total. The molecular formula is C11H21N3O. The zero-order valence-corrected chi connectivity index (χ0v) is 9.99. The first-order valence-corrected chi connectivity index (χ1v) is 5.38. The van der Waals surface area contributed by atoms with Crippen LogP contribution in [-0.4, -0.2) is 27.5 Å². The molecule has 0 saturated heterocycles. The number of hydrogen-bond donors (Lipinski definition) is 2. The Morgan fingerprint density at radius 2 is 2.00 bits per heavy atom. The van der Waals surface area contributed by atoms with E-state index in [0.717, 1.165) is 11.4 Å². The molecule has 1 heterocycles. The molecule has 0 bridgehead atoms. The van der Waals surface area contributed by atoms with Gasteiger partial charge in [-0.05, 0) is 39.7 Å². The van der Waals surface area contributed by atoms with E-state index in [-0.39, 0.29) is 12.6 Å². The van der Waals surface area contributed by atoms with E-state index in [2.05, 4.69) is 25.9 Å². The van der Waals surface area contributed by atoms with E-state index in [4.69, 9.17) is 10.8 Å². The summed E-state index contributed by atoms with van der Waals surface area (Å²) in [7, 11) is 0. The highest BCUT2D eigenvalue weighted by molar-refractivity contribution is 5.25. The molecule has 0 radical (unpaired) electrons. The Balaban J connectivity index is 2.97. The Labute approximate surface area is 91.1 Å². The van der Waals surface area contributed by atoms with Gasteiger partial charge in [0, 0.05) is 17.8 Å². The fourth-order valence-electron chi connectivity index (χ4n) is 1.82. The lowest BCUT2D eigenvalue weighted by molar-refractivity contribution is 0.265. The van der Waals surface area contributed by atoms with E-state index in [1.165, 1.54) is 5.56 Å². The molecular weight excluding hydrogens is 190 g/mol. The van der Waals surface area contributed by atoms with E-state index < -0.39 is 0 Å². The third-order valence-electron chi connectivity index (χ3n) is 2.66. The lowest BCUT2D eigenvalue weighted by atomic mass is 10.1. The van der Waals surface area contributed by atoms with Gasteiger partial charge in [-0.15, -0.1) is 0 Å². The topological polar surface area (TPSA) is 64.1 Å². The maximum Gasteiger partial charge on any atom is 0.0629 e. The zero-order valence-electron chi connectivity index (χ0n) is 9.99. The third kappa shape index (κ3) is 2.58. The molecule has 0 aliphatic carbocycles. The molecule has 0 spiro atoms. The SMILES string of the molecule is Cc1nn(C(C)C)c(C)c1CC(N)CO. The molecule has 4 heteroatoms. The van der Waals surface area contributed by atoms with Crippen molar-refractivity contribution in [2.75, 3.05) is 6.61 Å². The second-order valence-electron chi connectivity index (χ2n) is 4.33. The molecule has 1 rings (SSSR count). The quantitative estimate of drug-likeness (QED) is 0.779. The second-order valence-corrected chi connectivity index (χ2v) is 4.33. The van der Waals surface area contributed by atoms with Crippen LogP contribution in [0.4, 0.5) is 0 Å². The van der Waals surface area contributed by atoms with Gasteiger partial charge in [0.1, 0.15) is 0 Å². The van der Waals surface area contributed by atoms with Crippen LogP contribution in [0.1, 0.15) is 36.8 Å². The highest BCUT2D eigenvalue weighted by Crippen LogP contribution is 2.18. The molecule has 4 nitrogen and oxygen atoms in total. The molecule has 0 aliphatic rings. The van der Waals surface area contributed by atoms with Gasteiger partial charge in [-0.1, -0.05) is 0 Å². The van der Waals surface area contributed by atoms with Crippen LogP contribution in [0.5, 0.6) is 0 Å². The zero-order chi connectivity index (χ0) is 11.6. The Kier molecular flexibility index (Phi) is 3.88. The van der Waals surface area contributed by atoms with Crippen molar-refractivity contribution in [3.63, 3.8) is 0 Å². The standard InChI is InChI=1S/C11H21N3O/c1-7(2)14-9(4)11(8(3)13-14)5-10(12)6-15/h7,10,15H,5-6,12H2,1-4H3. The minimum Gasteiger partial charge on any atom is -0.395 e. The number of aliphatic hydroxyl groups is 1. The Hall–Kier alpha value is -0.870. The summed E-state index contributed by atoms with van der Waals surface area (Å²) in [5, 5.41) is 13.4. The van der Waals surface area contributed by atoms with Crippen molar-refractivity contribution in [1.82, 2.24) is 9.78 Å². The Morgan fingerprint density at radius 1 is 1.40 bits per heavy atom. The maximum atomic E-state index is 8.94. The average Bonchev–Trinajstić information content (AvgIpc) is 2.45. The summed E-state index contributed by atoms with van der Waals surface area (Å²) in [6.07, 6.45) is 0.695. The summed E-state index contributed by atoms with van der Waals surface area (Å²) in [5.41, 5.74) is 9.09. The number of aliphatic hydroxyl groups excluding tert-OH is 1. The summed E-state index contributed by atoms with van der Waals surface area (Å²) in [6.45, 7) is 8.28. The fraction of sp³-hybridized carbons (Fsp3) is 0.727. The lowest BCUT2D eigenvalue weighted by Crippen LogP contribution is -2.27. The van der Waals surface area contributed by atoms with Gasteiger partial charge in [-0.2, -0.15) is 5.10 Å². The van der Waals surface area contributed by atoms with Crippen molar-refractivity contribution in [3.8, 4) is 0 Å². The van der Waals surface area contributed by atoms with Crippen LogP contribution in [0.25, 0.3) is 0 Å². The number of aromatic nitrogens is 2. The first-order chi connectivity index (χ1) is 6.97. The fourth-order valence-corrected chi connectivity index (χ4v) is 1.82. The van der Waals surface area contributed by atoms with Crippen molar-refractivity contribution >= 4 is 0 Å². The van der Waals surface area contributed by atoms with E-state index in [1.54, 1.807) is 0 Å². The number of nitrogens with two attached hydrogens (primary N) is 1.